The predicted molar refractivity (Wildman–Crippen MR) is 235 cm³/mol. The van der Waals surface area contributed by atoms with Gasteiger partial charge >= 0.3 is 25.7 Å². The molecule has 0 aromatic carbocycles. The average molecular weight is 850 g/mol. The van der Waals surface area contributed by atoms with Gasteiger partial charge in [0.2, 0.25) is 0 Å². The van der Waals surface area contributed by atoms with Crippen molar-refractivity contribution in [3.8, 4) is 0 Å². The molecule has 1 fully saturated rings. The largest absolute Gasteiger partial charge is 0.480 e. The normalized spacial score (nSPS) is 17.8. The number of hydrogen-bond acceptors (Lipinski definition) is 10. The minimum Gasteiger partial charge on any atom is -0.480 e. The molecule has 4 N–H and O–H groups in total. The molecule has 13 heteroatoms. The van der Waals surface area contributed by atoms with Gasteiger partial charge in [0.1, 0.15) is 12.6 Å². The number of nitrogens with two attached hydrogens (primary N) is 1. The van der Waals surface area contributed by atoms with Crippen molar-refractivity contribution < 1.29 is 52.2 Å². The van der Waals surface area contributed by atoms with Gasteiger partial charge in [0, 0.05) is 12.8 Å². The summed E-state index contributed by atoms with van der Waals surface area (Å²) in [6.07, 6.45) is 45.9. The first-order valence-electron chi connectivity index (χ1n) is 22.1. The van der Waals surface area contributed by atoms with E-state index in [9.17, 15) is 23.8 Å². The Morgan fingerprint density at radius 2 is 1.14 bits per heavy atom. The molecule has 0 amide bonds. The van der Waals surface area contributed by atoms with Crippen LogP contribution in [0.4, 0.5) is 0 Å². The summed E-state index contributed by atoms with van der Waals surface area (Å²) in [5.41, 5.74) is 5.33. The molecule has 1 aliphatic rings. The fourth-order valence-electron chi connectivity index (χ4n) is 5.77. The first kappa shape index (κ1) is 53.9. The van der Waals surface area contributed by atoms with Gasteiger partial charge in [0.15, 0.2) is 6.10 Å². The zero-order valence-corrected chi connectivity index (χ0v) is 36.9. The van der Waals surface area contributed by atoms with Crippen LogP contribution in [0.5, 0.6) is 0 Å². The molecular formula is C46H76NO11P. The third-order valence-corrected chi connectivity index (χ3v) is 10.3. The molecule has 1 saturated heterocycles. The van der Waals surface area contributed by atoms with E-state index in [0.29, 0.717) is 25.0 Å². The summed E-state index contributed by atoms with van der Waals surface area (Å²) in [6.45, 7) is 2.58. The van der Waals surface area contributed by atoms with Gasteiger partial charge in [-0.1, -0.05) is 138 Å². The molecule has 0 radical (unpaired) electrons. The topological polar surface area (TPSA) is 184 Å². The summed E-state index contributed by atoms with van der Waals surface area (Å²) in [5.74, 6) is -2.50. The lowest BCUT2D eigenvalue weighted by molar-refractivity contribution is -0.161. The second-order valence-electron chi connectivity index (χ2n) is 14.8. The number of carbonyl (C=O) groups excluding carboxylic acids is 2. The number of carbonyl (C=O) groups is 3. The van der Waals surface area contributed by atoms with Gasteiger partial charge < -0.3 is 29.9 Å². The van der Waals surface area contributed by atoms with Gasteiger partial charge in [0.05, 0.1) is 25.4 Å². The second-order valence-corrected chi connectivity index (χ2v) is 16.3. The fraction of sp³-hybridized carbons (Fsp3) is 0.674. The molecule has 5 atom stereocenters. The van der Waals surface area contributed by atoms with Crippen molar-refractivity contribution in [3.63, 3.8) is 0 Å². The minimum absolute atomic E-state index is 0.0892. The molecular weight excluding hydrogens is 773 g/mol. The molecule has 1 heterocycles. The zero-order chi connectivity index (χ0) is 43.2. The van der Waals surface area contributed by atoms with Gasteiger partial charge in [-0.3, -0.25) is 23.4 Å². The van der Waals surface area contributed by atoms with E-state index in [0.717, 1.165) is 70.6 Å². The van der Waals surface area contributed by atoms with Gasteiger partial charge in [-0.2, -0.15) is 0 Å². The summed E-state index contributed by atoms with van der Waals surface area (Å²) in [6, 6.07) is -1.54. The lowest BCUT2D eigenvalue weighted by Crippen LogP contribution is -2.34. The van der Waals surface area contributed by atoms with Crippen LogP contribution in [0, 0.1) is 0 Å². The molecule has 59 heavy (non-hydrogen) atoms. The van der Waals surface area contributed by atoms with Crippen LogP contribution in [0.15, 0.2) is 72.9 Å². The summed E-state index contributed by atoms with van der Waals surface area (Å²) >= 11 is 0. The standard InChI is InChI=1S/C46H76NO11P/c1-3-5-7-8-9-10-11-12-13-14-19-22-25-28-32-36-45(49)57-40(38-55-59(52,53)56-39-41(47)46(50)51)37-54-44(48)35-31-27-24-21-18-16-15-17-20-23-26-30-34-43-42(58-43)33-29-6-4-2/h6,10-11,16-18,20,24,26-27,29-30,40-43H,3-5,7-9,12-15,19,21-23,25,28,31-39,47H2,1-2H3,(H,50,51)(H,52,53)/b11-10-,18-16-,20-17-,27-24-,29-6-,30-26-/t40-,41+,42?,43?/m1/s1. The molecule has 0 aliphatic carbocycles. The number of unbranched alkanes of at least 4 members (excludes halogenated alkanes) is 11. The van der Waals surface area contributed by atoms with E-state index in [-0.39, 0.29) is 12.8 Å². The maximum Gasteiger partial charge on any atom is 0.472 e. The maximum absolute atomic E-state index is 12.6. The van der Waals surface area contributed by atoms with E-state index in [1.807, 2.05) is 12.2 Å². The number of phosphoric ester groups is 1. The third-order valence-electron chi connectivity index (χ3n) is 9.35. The highest BCUT2D eigenvalue weighted by molar-refractivity contribution is 7.47. The van der Waals surface area contributed by atoms with Crippen molar-refractivity contribution in [3.05, 3.63) is 72.9 Å². The van der Waals surface area contributed by atoms with Crippen LogP contribution in [-0.2, 0) is 42.2 Å². The molecule has 1 rings (SSSR count). The van der Waals surface area contributed by atoms with E-state index in [1.165, 1.54) is 44.9 Å². The summed E-state index contributed by atoms with van der Waals surface area (Å²) < 4.78 is 38.3. The van der Waals surface area contributed by atoms with Gasteiger partial charge in [-0.15, -0.1) is 0 Å². The second kappa shape index (κ2) is 36.7. The fourth-order valence-corrected chi connectivity index (χ4v) is 6.55. The first-order chi connectivity index (χ1) is 28.6. The molecule has 0 aromatic heterocycles. The van der Waals surface area contributed by atoms with E-state index in [2.05, 4.69) is 79.1 Å². The zero-order valence-electron chi connectivity index (χ0n) is 36.0. The van der Waals surface area contributed by atoms with Gasteiger partial charge in [0.25, 0.3) is 0 Å². The smallest absolute Gasteiger partial charge is 0.472 e. The van der Waals surface area contributed by atoms with Crippen LogP contribution in [0.3, 0.4) is 0 Å². The van der Waals surface area contributed by atoms with Gasteiger partial charge in [-0.25, -0.2) is 4.57 Å². The Bertz CT molecular complexity index is 1340. The Morgan fingerprint density at radius 3 is 1.73 bits per heavy atom. The Kier molecular flexibility index (Phi) is 33.5. The molecule has 3 unspecified atom stereocenters. The van der Waals surface area contributed by atoms with Crippen LogP contribution in [0.25, 0.3) is 0 Å². The number of hydrogen-bond donors (Lipinski definition) is 3. The Labute approximate surface area is 355 Å². The third kappa shape index (κ3) is 34.3. The average Bonchev–Trinajstić information content (AvgIpc) is 3.97. The molecule has 12 nitrogen and oxygen atoms in total. The monoisotopic (exact) mass is 850 g/mol. The lowest BCUT2D eigenvalue weighted by atomic mass is 10.1. The minimum atomic E-state index is -4.74. The van der Waals surface area contributed by atoms with E-state index < -0.39 is 57.7 Å². The highest BCUT2D eigenvalue weighted by Gasteiger charge is 2.36. The Hall–Kier alpha value is -3.12. The molecule has 336 valence electrons. The molecule has 0 aromatic rings. The maximum atomic E-state index is 12.6. The number of esters is 2. The van der Waals surface area contributed by atoms with Crippen molar-refractivity contribution in [2.24, 2.45) is 5.73 Å². The lowest BCUT2D eigenvalue weighted by Gasteiger charge is -2.20. The molecule has 1 aliphatic heterocycles. The molecule has 0 bridgehead atoms. The van der Waals surface area contributed by atoms with Crippen molar-refractivity contribution >= 4 is 25.7 Å². The predicted octanol–water partition coefficient (Wildman–Crippen LogP) is 10.7. The van der Waals surface area contributed by atoms with Crippen LogP contribution in [0.2, 0.25) is 0 Å². The van der Waals surface area contributed by atoms with Crippen LogP contribution in [-0.4, -0.2) is 72.1 Å². The van der Waals surface area contributed by atoms with E-state index >= 15 is 0 Å². The quantitative estimate of drug-likeness (QED) is 0.0175. The first-order valence-corrected chi connectivity index (χ1v) is 23.6. The molecule has 0 spiro atoms. The molecule has 0 saturated carbocycles. The Morgan fingerprint density at radius 1 is 0.627 bits per heavy atom. The number of carboxylic acid groups (broad SMARTS) is 1. The number of aliphatic carboxylic acids is 1. The van der Waals surface area contributed by atoms with Crippen molar-refractivity contribution in [2.45, 2.75) is 179 Å². The number of rotatable bonds is 39. The summed E-state index contributed by atoms with van der Waals surface area (Å²) in [4.78, 5) is 45.9. The number of epoxide rings is 1. The number of phosphoric acid groups is 1. The summed E-state index contributed by atoms with van der Waals surface area (Å²) in [5, 5.41) is 8.89. The highest BCUT2D eigenvalue weighted by atomic mass is 31.2. The van der Waals surface area contributed by atoms with Crippen molar-refractivity contribution in [1.82, 2.24) is 0 Å². The number of carboxylic acids is 1. The van der Waals surface area contributed by atoms with Crippen LogP contribution in [0.1, 0.15) is 155 Å². The summed E-state index contributed by atoms with van der Waals surface area (Å²) in [7, 11) is -4.74. The van der Waals surface area contributed by atoms with E-state index in [1.54, 1.807) is 0 Å². The van der Waals surface area contributed by atoms with Crippen LogP contribution >= 0.6 is 7.82 Å². The van der Waals surface area contributed by atoms with Crippen molar-refractivity contribution in [2.75, 3.05) is 19.8 Å². The Balaban J connectivity index is 2.33. The van der Waals surface area contributed by atoms with Crippen molar-refractivity contribution in [1.29, 1.82) is 0 Å². The SMILES string of the molecule is CC/C=C\CC1OC1C/C=C\C/C=C\C/C=C\C/C=C\CCC(=O)OC[C@H](COP(=O)(O)OC[C@H](N)C(=O)O)OC(=O)CCCCCCCCC/C=C\CCCCCC. The van der Waals surface area contributed by atoms with Crippen LogP contribution < -0.4 is 5.73 Å². The van der Waals surface area contributed by atoms with Gasteiger partial charge in [-0.05, 0) is 77.0 Å². The number of ether oxygens (including phenoxy) is 3. The van der Waals surface area contributed by atoms with E-state index in [4.69, 9.17) is 29.6 Å². The number of allylic oxidation sites excluding steroid dienone is 10. The highest BCUT2D eigenvalue weighted by Crippen LogP contribution is 2.43.